The van der Waals surface area contributed by atoms with Crippen LogP contribution in [-0.4, -0.2) is 74.0 Å². The normalized spacial score (nSPS) is 15.0. The monoisotopic (exact) mass is 334 g/mol. The van der Waals surface area contributed by atoms with Gasteiger partial charge in [0.1, 0.15) is 0 Å². The van der Waals surface area contributed by atoms with Gasteiger partial charge in [0.15, 0.2) is 0 Å². The minimum absolute atomic E-state index is 0. The number of carbonyl (C=O) groups is 2. The fraction of sp³-hybridized carbons (Fsp3) is 0.867. The van der Waals surface area contributed by atoms with Gasteiger partial charge in [0.05, 0.1) is 0 Å². The van der Waals surface area contributed by atoms with E-state index < -0.39 is 0 Å². The first kappa shape index (κ1) is 21.1. The lowest BCUT2D eigenvalue weighted by atomic mass is 10.2. The van der Waals surface area contributed by atoms with E-state index in [0.29, 0.717) is 25.8 Å². The van der Waals surface area contributed by atoms with Crippen molar-refractivity contribution in [2.24, 2.45) is 0 Å². The molecule has 2 N–H and O–H groups in total. The van der Waals surface area contributed by atoms with Crippen LogP contribution >= 0.6 is 12.4 Å². The summed E-state index contributed by atoms with van der Waals surface area (Å²) in [7, 11) is 0. The molecule has 22 heavy (non-hydrogen) atoms. The minimum atomic E-state index is 0. The zero-order valence-electron chi connectivity index (χ0n) is 13.9. The molecule has 0 saturated carbocycles. The third-order valence-electron chi connectivity index (χ3n) is 3.87. The van der Waals surface area contributed by atoms with E-state index in [-0.39, 0.29) is 24.2 Å². The van der Waals surface area contributed by atoms with Crippen LogP contribution in [0.3, 0.4) is 0 Å². The average Bonchev–Trinajstić information content (AvgIpc) is 2.49. The Morgan fingerprint density at radius 3 is 2.36 bits per heavy atom. The number of hydrogen-bond acceptors (Lipinski definition) is 4. The van der Waals surface area contributed by atoms with Gasteiger partial charge in [-0.25, -0.2) is 0 Å². The molecule has 1 heterocycles. The Morgan fingerprint density at radius 2 is 1.77 bits per heavy atom. The lowest BCUT2D eigenvalue weighted by Crippen LogP contribution is -2.46. The van der Waals surface area contributed by atoms with Crippen LogP contribution in [0.5, 0.6) is 0 Å². The highest BCUT2D eigenvalue weighted by Gasteiger charge is 2.11. The highest BCUT2D eigenvalue weighted by atomic mass is 35.5. The molecular weight excluding hydrogens is 304 g/mol. The van der Waals surface area contributed by atoms with Crippen molar-refractivity contribution in [1.29, 1.82) is 0 Å². The summed E-state index contributed by atoms with van der Waals surface area (Å²) in [4.78, 5) is 27.7. The summed E-state index contributed by atoms with van der Waals surface area (Å²) in [5.74, 6) is 0.200. The first-order valence-electron chi connectivity index (χ1n) is 8.14. The molecule has 2 amide bonds. The fourth-order valence-corrected chi connectivity index (χ4v) is 2.51. The molecule has 7 heteroatoms. The van der Waals surface area contributed by atoms with Crippen LogP contribution < -0.4 is 10.6 Å². The lowest BCUT2D eigenvalue weighted by molar-refractivity contribution is -0.131. The zero-order valence-corrected chi connectivity index (χ0v) is 14.7. The molecule has 0 aliphatic carbocycles. The number of carbonyl (C=O) groups excluding carboxylic acids is 2. The SMILES string of the molecule is CCN(CC)C(=O)CCCC(=O)NCCN1CCNCC1.Cl. The van der Waals surface area contributed by atoms with Crippen molar-refractivity contribution < 1.29 is 9.59 Å². The third kappa shape index (κ3) is 8.56. The topological polar surface area (TPSA) is 64.7 Å². The highest BCUT2D eigenvalue weighted by Crippen LogP contribution is 2.01. The quantitative estimate of drug-likeness (QED) is 0.643. The van der Waals surface area contributed by atoms with Crippen molar-refractivity contribution in [3.8, 4) is 0 Å². The Balaban J connectivity index is 0.00000441. The Labute approximate surface area is 140 Å². The largest absolute Gasteiger partial charge is 0.355 e. The standard InChI is InChI=1S/C15H30N4O2.ClH/c1-3-19(4-2)15(21)7-5-6-14(20)17-10-13-18-11-8-16-9-12-18;/h16H,3-13H2,1-2H3,(H,17,20);1H. The molecule has 0 atom stereocenters. The molecule has 0 aromatic rings. The third-order valence-corrected chi connectivity index (χ3v) is 3.87. The van der Waals surface area contributed by atoms with Crippen LogP contribution in [0.25, 0.3) is 0 Å². The van der Waals surface area contributed by atoms with E-state index in [1.807, 2.05) is 18.7 Å². The van der Waals surface area contributed by atoms with Crippen molar-refractivity contribution in [3.63, 3.8) is 0 Å². The number of halogens is 1. The van der Waals surface area contributed by atoms with Crippen LogP contribution in [0.1, 0.15) is 33.1 Å². The van der Waals surface area contributed by atoms with Crippen LogP contribution in [0.2, 0.25) is 0 Å². The van der Waals surface area contributed by atoms with Gasteiger partial charge in [-0.3, -0.25) is 14.5 Å². The summed E-state index contributed by atoms with van der Waals surface area (Å²) >= 11 is 0. The molecule has 1 rings (SSSR count). The van der Waals surface area contributed by atoms with Gasteiger partial charge in [0, 0.05) is 65.2 Å². The zero-order chi connectivity index (χ0) is 15.5. The molecule has 130 valence electrons. The second-order valence-electron chi connectivity index (χ2n) is 5.36. The van der Waals surface area contributed by atoms with Gasteiger partial charge in [0.2, 0.25) is 11.8 Å². The number of piperazine rings is 1. The Bertz CT molecular complexity index is 319. The van der Waals surface area contributed by atoms with Crippen molar-refractivity contribution >= 4 is 24.2 Å². The first-order chi connectivity index (χ1) is 10.2. The predicted molar refractivity (Wildman–Crippen MR) is 91.3 cm³/mol. The second kappa shape index (κ2) is 12.7. The first-order valence-corrected chi connectivity index (χ1v) is 8.14. The van der Waals surface area contributed by atoms with E-state index in [0.717, 1.165) is 45.8 Å². The number of hydrogen-bond donors (Lipinski definition) is 2. The van der Waals surface area contributed by atoms with E-state index in [2.05, 4.69) is 15.5 Å². The molecule has 0 unspecified atom stereocenters. The van der Waals surface area contributed by atoms with Gasteiger partial charge in [-0.05, 0) is 20.3 Å². The maximum absolute atomic E-state index is 11.8. The van der Waals surface area contributed by atoms with Gasteiger partial charge in [-0.1, -0.05) is 0 Å². The summed E-state index contributed by atoms with van der Waals surface area (Å²) in [6, 6.07) is 0. The van der Waals surface area contributed by atoms with Gasteiger partial charge in [0.25, 0.3) is 0 Å². The highest BCUT2D eigenvalue weighted by molar-refractivity contribution is 5.85. The smallest absolute Gasteiger partial charge is 0.222 e. The molecule has 1 fully saturated rings. The number of rotatable bonds is 9. The van der Waals surface area contributed by atoms with Crippen molar-refractivity contribution in [3.05, 3.63) is 0 Å². The van der Waals surface area contributed by atoms with Crippen LogP contribution in [0.15, 0.2) is 0 Å². The summed E-state index contributed by atoms with van der Waals surface area (Å²) in [6.07, 6.45) is 1.54. The summed E-state index contributed by atoms with van der Waals surface area (Å²) in [5, 5.41) is 6.24. The molecule has 1 aliphatic heterocycles. The maximum Gasteiger partial charge on any atom is 0.222 e. The Kier molecular flexibility index (Phi) is 12.2. The molecule has 6 nitrogen and oxygen atoms in total. The fourth-order valence-electron chi connectivity index (χ4n) is 2.51. The molecule has 0 radical (unpaired) electrons. The molecular formula is C15H31ClN4O2. The van der Waals surface area contributed by atoms with E-state index >= 15 is 0 Å². The summed E-state index contributed by atoms with van der Waals surface area (Å²) in [5.41, 5.74) is 0. The van der Waals surface area contributed by atoms with Crippen LogP contribution in [0.4, 0.5) is 0 Å². The molecule has 1 saturated heterocycles. The lowest BCUT2D eigenvalue weighted by Gasteiger charge is -2.27. The van der Waals surface area contributed by atoms with E-state index in [1.165, 1.54) is 0 Å². The minimum Gasteiger partial charge on any atom is -0.355 e. The van der Waals surface area contributed by atoms with Crippen molar-refractivity contribution in [2.75, 3.05) is 52.4 Å². The molecule has 0 spiro atoms. The maximum atomic E-state index is 11.8. The van der Waals surface area contributed by atoms with Crippen LogP contribution in [-0.2, 0) is 9.59 Å². The van der Waals surface area contributed by atoms with E-state index in [1.54, 1.807) is 0 Å². The van der Waals surface area contributed by atoms with Gasteiger partial charge in [-0.15, -0.1) is 12.4 Å². The molecule has 1 aliphatic rings. The van der Waals surface area contributed by atoms with E-state index in [9.17, 15) is 9.59 Å². The van der Waals surface area contributed by atoms with Crippen molar-refractivity contribution in [2.45, 2.75) is 33.1 Å². The van der Waals surface area contributed by atoms with Crippen LogP contribution in [0, 0.1) is 0 Å². The average molecular weight is 335 g/mol. The Morgan fingerprint density at radius 1 is 1.14 bits per heavy atom. The van der Waals surface area contributed by atoms with Crippen molar-refractivity contribution in [1.82, 2.24) is 20.4 Å². The summed E-state index contributed by atoms with van der Waals surface area (Å²) < 4.78 is 0. The number of nitrogens with one attached hydrogen (secondary N) is 2. The van der Waals surface area contributed by atoms with E-state index in [4.69, 9.17) is 0 Å². The molecule has 0 aromatic carbocycles. The summed E-state index contributed by atoms with van der Waals surface area (Å²) in [6.45, 7) is 11.2. The second-order valence-corrected chi connectivity index (χ2v) is 5.36. The predicted octanol–water partition coefficient (Wildman–Crippen LogP) is 0.468. The van der Waals surface area contributed by atoms with Gasteiger partial charge in [-0.2, -0.15) is 0 Å². The number of amides is 2. The van der Waals surface area contributed by atoms with Gasteiger partial charge < -0.3 is 15.5 Å². The number of nitrogens with zero attached hydrogens (tertiary/aromatic N) is 2. The van der Waals surface area contributed by atoms with Gasteiger partial charge >= 0.3 is 0 Å². The Hall–Kier alpha value is -0.850. The molecule has 0 bridgehead atoms. The molecule has 0 aromatic heterocycles.